The fourth-order valence-electron chi connectivity index (χ4n) is 3.06. The van der Waals surface area contributed by atoms with Crippen LogP contribution in [-0.2, 0) is 7.05 Å². The van der Waals surface area contributed by atoms with Gasteiger partial charge in [-0.1, -0.05) is 0 Å². The molecule has 1 fully saturated rings. The molecule has 1 aliphatic rings. The Morgan fingerprint density at radius 3 is 2.65 bits per heavy atom. The number of nitrogens with one attached hydrogen (secondary N) is 1. The van der Waals surface area contributed by atoms with E-state index in [0.717, 1.165) is 18.6 Å². The lowest BCUT2D eigenvalue weighted by molar-refractivity contribution is 0.0554. The van der Waals surface area contributed by atoms with Crippen molar-refractivity contribution in [1.82, 2.24) is 19.4 Å². The summed E-state index contributed by atoms with van der Waals surface area (Å²) in [6.07, 6.45) is -0.352. The quantitative estimate of drug-likeness (QED) is 0.835. The molecule has 1 saturated heterocycles. The minimum Gasteiger partial charge on any atom is -0.392 e. The molecular formula is C16H22N4O3. The van der Waals surface area contributed by atoms with Gasteiger partial charge < -0.3 is 15.0 Å². The van der Waals surface area contributed by atoms with Crippen LogP contribution >= 0.6 is 0 Å². The Balaban J connectivity index is 1.73. The number of β-amino-alcohol motifs (C(OH)–C–C–N with tert-alkyl or cyclic N) is 1. The van der Waals surface area contributed by atoms with Gasteiger partial charge in [0.2, 0.25) is 0 Å². The first-order valence-corrected chi connectivity index (χ1v) is 7.84. The van der Waals surface area contributed by atoms with Gasteiger partial charge in [0.05, 0.1) is 17.1 Å². The van der Waals surface area contributed by atoms with Gasteiger partial charge >= 0.3 is 5.69 Å². The van der Waals surface area contributed by atoms with Crippen molar-refractivity contribution >= 4 is 16.9 Å². The van der Waals surface area contributed by atoms with Crippen LogP contribution in [0.3, 0.4) is 0 Å². The average Bonchev–Trinajstić information content (AvgIpc) is 2.81. The van der Waals surface area contributed by atoms with Gasteiger partial charge in [-0.2, -0.15) is 0 Å². The van der Waals surface area contributed by atoms with Crippen molar-refractivity contribution in [3.8, 4) is 0 Å². The highest BCUT2D eigenvalue weighted by Crippen LogP contribution is 2.15. The monoisotopic (exact) mass is 318 g/mol. The molecule has 1 atom stereocenters. The Labute approximate surface area is 134 Å². The third kappa shape index (κ3) is 3.16. The maximum atomic E-state index is 12.6. The normalized spacial score (nSPS) is 17.6. The summed E-state index contributed by atoms with van der Waals surface area (Å²) >= 11 is 0. The fourth-order valence-corrected chi connectivity index (χ4v) is 3.06. The highest BCUT2D eigenvalue weighted by atomic mass is 16.3. The van der Waals surface area contributed by atoms with Gasteiger partial charge in [-0.25, -0.2) is 4.79 Å². The molecular weight excluding hydrogens is 296 g/mol. The second-order valence-electron chi connectivity index (χ2n) is 6.16. The number of nitrogens with zero attached hydrogens (tertiary/aromatic N) is 3. The van der Waals surface area contributed by atoms with Crippen LogP contribution in [0.15, 0.2) is 23.0 Å². The van der Waals surface area contributed by atoms with E-state index in [9.17, 15) is 14.7 Å². The van der Waals surface area contributed by atoms with E-state index in [-0.39, 0.29) is 17.7 Å². The van der Waals surface area contributed by atoms with Crippen LogP contribution in [0.1, 0.15) is 17.3 Å². The van der Waals surface area contributed by atoms with Crippen LogP contribution < -0.4 is 5.69 Å². The van der Waals surface area contributed by atoms with Gasteiger partial charge in [-0.05, 0) is 25.1 Å². The largest absolute Gasteiger partial charge is 0.392 e. The standard InChI is InChI=1S/C16H22N4O3/c1-11(21)10-19-5-7-20(8-6-19)15(22)12-3-4-14-13(9-12)17-16(23)18(14)2/h3-4,9,11,21H,5-8,10H2,1-2H3,(H,17,23). The Morgan fingerprint density at radius 2 is 2.00 bits per heavy atom. The first-order chi connectivity index (χ1) is 11.0. The van der Waals surface area contributed by atoms with E-state index in [1.807, 2.05) is 4.90 Å². The lowest BCUT2D eigenvalue weighted by Crippen LogP contribution is -2.50. The molecule has 7 nitrogen and oxygen atoms in total. The van der Waals surface area contributed by atoms with E-state index in [1.54, 1.807) is 32.2 Å². The van der Waals surface area contributed by atoms with E-state index in [4.69, 9.17) is 0 Å². The number of benzene rings is 1. The summed E-state index contributed by atoms with van der Waals surface area (Å²) in [7, 11) is 1.70. The number of aromatic amines is 1. The highest BCUT2D eigenvalue weighted by Gasteiger charge is 2.23. The van der Waals surface area contributed by atoms with Crippen LogP contribution in [0, 0.1) is 0 Å². The lowest BCUT2D eigenvalue weighted by atomic mass is 10.1. The van der Waals surface area contributed by atoms with E-state index >= 15 is 0 Å². The number of fused-ring (bicyclic) bond motifs is 1. The SMILES string of the molecule is CC(O)CN1CCN(C(=O)c2ccc3c(c2)[nH]c(=O)n3C)CC1. The van der Waals surface area contributed by atoms with Crippen molar-refractivity contribution in [3.63, 3.8) is 0 Å². The number of carbonyl (C=O) groups is 1. The molecule has 1 unspecified atom stereocenters. The number of aryl methyl sites for hydroxylation is 1. The predicted molar refractivity (Wildman–Crippen MR) is 87.6 cm³/mol. The third-order valence-electron chi connectivity index (χ3n) is 4.33. The van der Waals surface area contributed by atoms with Crippen LogP contribution in [0.5, 0.6) is 0 Å². The molecule has 2 heterocycles. The summed E-state index contributed by atoms with van der Waals surface area (Å²) in [5, 5.41) is 9.43. The first-order valence-electron chi connectivity index (χ1n) is 7.84. The van der Waals surface area contributed by atoms with Gasteiger partial charge in [-0.15, -0.1) is 0 Å². The van der Waals surface area contributed by atoms with E-state index in [1.165, 1.54) is 4.57 Å². The van der Waals surface area contributed by atoms with Crippen molar-refractivity contribution < 1.29 is 9.90 Å². The van der Waals surface area contributed by atoms with E-state index in [2.05, 4.69) is 9.88 Å². The zero-order valence-electron chi connectivity index (χ0n) is 13.5. The van der Waals surface area contributed by atoms with Gasteiger partial charge in [0.25, 0.3) is 5.91 Å². The Hall–Kier alpha value is -2.12. The molecule has 0 radical (unpaired) electrons. The topological polar surface area (TPSA) is 81.6 Å². The second kappa shape index (κ2) is 6.17. The Bertz CT molecular complexity index is 769. The molecule has 124 valence electrons. The minimum atomic E-state index is -0.352. The third-order valence-corrected chi connectivity index (χ3v) is 4.33. The van der Waals surface area contributed by atoms with Gasteiger partial charge in [0.15, 0.2) is 0 Å². The summed E-state index contributed by atoms with van der Waals surface area (Å²) in [5.74, 6) is -0.0201. The average molecular weight is 318 g/mol. The van der Waals surface area contributed by atoms with Crippen molar-refractivity contribution in [3.05, 3.63) is 34.2 Å². The van der Waals surface area contributed by atoms with E-state index < -0.39 is 0 Å². The number of amides is 1. The number of carbonyl (C=O) groups excluding carboxylic acids is 1. The minimum absolute atomic E-state index is 0.0201. The molecule has 3 rings (SSSR count). The summed E-state index contributed by atoms with van der Waals surface area (Å²) in [6, 6.07) is 5.30. The summed E-state index contributed by atoms with van der Waals surface area (Å²) in [5.41, 5.74) is 1.86. The molecule has 23 heavy (non-hydrogen) atoms. The predicted octanol–water partition coefficient (Wildman–Crippen LogP) is 0.00520. The maximum Gasteiger partial charge on any atom is 0.326 e. The van der Waals surface area contributed by atoms with Crippen molar-refractivity contribution in [1.29, 1.82) is 0 Å². The molecule has 1 amide bonds. The summed E-state index contributed by atoms with van der Waals surface area (Å²) in [4.78, 5) is 31.0. The fraction of sp³-hybridized carbons (Fsp3) is 0.500. The molecule has 1 aromatic heterocycles. The number of aliphatic hydroxyl groups is 1. The Kier molecular flexibility index (Phi) is 4.23. The molecule has 2 N–H and O–H groups in total. The van der Waals surface area contributed by atoms with E-state index in [0.29, 0.717) is 30.7 Å². The number of hydrogen-bond acceptors (Lipinski definition) is 4. The molecule has 0 saturated carbocycles. The second-order valence-corrected chi connectivity index (χ2v) is 6.16. The maximum absolute atomic E-state index is 12.6. The first kappa shape index (κ1) is 15.8. The molecule has 2 aromatic rings. The molecule has 0 bridgehead atoms. The van der Waals surface area contributed by atoms with Gasteiger partial charge in [-0.3, -0.25) is 14.3 Å². The smallest absolute Gasteiger partial charge is 0.326 e. The molecule has 0 aliphatic carbocycles. The number of H-pyrrole nitrogens is 1. The molecule has 7 heteroatoms. The van der Waals surface area contributed by atoms with Crippen LogP contribution in [-0.4, -0.2) is 69.2 Å². The summed E-state index contributed by atoms with van der Waals surface area (Å²) in [6.45, 7) is 5.23. The summed E-state index contributed by atoms with van der Waals surface area (Å²) < 4.78 is 1.53. The van der Waals surface area contributed by atoms with Crippen LogP contribution in [0.2, 0.25) is 0 Å². The molecule has 0 spiro atoms. The molecule has 1 aliphatic heterocycles. The van der Waals surface area contributed by atoms with Gasteiger partial charge in [0.1, 0.15) is 0 Å². The van der Waals surface area contributed by atoms with Crippen molar-refractivity contribution in [2.75, 3.05) is 32.7 Å². The van der Waals surface area contributed by atoms with Crippen molar-refractivity contribution in [2.45, 2.75) is 13.0 Å². The highest BCUT2D eigenvalue weighted by molar-refractivity contribution is 5.97. The number of imidazole rings is 1. The zero-order valence-corrected chi connectivity index (χ0v) is 13.5. The van der Waals surface area contributed by atoms with Crippen LogP contribution in [0.4, 0.5) is 0 Å². The van der Waals surface area contributed by atoms with Crippen LogP contribution in [0.25, 0.3) is 11.0 Å². The number of aromatic nitrogens is 2. The lowest BCUT2D eigenvalue weighted by Gasteiger charge is -2.35. The molecule has 1 aromatic carbocycles. The van der Waals surface area contributed by atoms with Crippen molar-refractivity contribution in [2.24, 2.45) is 7.05 Å². The number of piperazine rings is 1. The number of hydrogen-bond donors (Lipinski definition) is 2. The number of aliphatic hydroxyl groups excluding tert-OH is 1. The Morgan fingerprint density at radius 1 is 1.30 bits per heavy atom. The zero-order chi connectivity index (χ0) is 16.6. The van der Waals surface area contributed by atoms with Gasteiger partial charge in [0, 0.05) is 45.3 Å². The number of rotatable bonds is 3.